The van der Waals surface area contributed by atoms with E-state index in [0.717, 1.165) is 11.3 Å². The number of nitrogens with one attached hydrogen (secondary N) is 1. The highest BCUT2D eigenvalue weighted by atomic mass is 32.2. The third kappa shape index (κ3) is 1.59. The van der Waals surface area contributed by atoms with Crippen LogP contribution in [0.25, 0.3) is 0 Å². The minimum Gasteiger partial charge on any atom is -0.312 e. The summed E-state index contributed by atoms with van der Waals surface area (Å²) >= 11 is 0. The van der Waals surface area contributed by atoms with Crippen molar-refractivity contribution in [2.24, 2.45) is 0 Å². The van der Waals surface area contributed by atoms with Gasteiger partial charge in [0, 0.05) is 10.9 Å². The van der Waals surface area contributed by atoms with Crippen LogP contribution < -0.4 is 5.32 Å². The van der Waals surface area contributed by atoms with Gasteiger partial charge in [0.1, 0.15) is 0 Å². The molecule has 92 valence electrons. The fourth-order valence-electron chi connectivity index (χ4n) is 3.25. The SMILES string of the molecule is CCC1C(NC)c2cc3c(cc2S1=O)CCC3. The first kappa shape index (κ1) is 11.4. The van der Waals surface area contributed by atoms with Crippen LogP contribution in [0.1, 0.15) is 42.5 Å². The van der Waals surface area contributed by atoms with E-state index in [1.165, 1.54) is 36.0 Å². The van der Waals surface area contributed by atoms with E-state index in [-0.39, 0.29) is 11.3 Å². The van der Waals surface area contributed by atoms with Gasteiger partial charge in [-0.05, 0) is 55.5 Å². The maximum Gasteiger partial charge on any atom is 0.0587 e. The molecule has 1 aromatic carbocycles. The van der Waals surface area contributed by atoms with Gasteiger partial charge in [0.05, 0.1) is 16.0 Å². The minimum atomic E-state index is -0.820. The number of aryl methyl sites for hydroxylation is 2. The molecular weight excluding hydrogens is 230 g/mol. The Labute approximate surface area is 105 Å². The second-order valence-electron chi connectivity index (χ2n) is 5.02. The Kier molecular flexibility index (Phi) is 2.83. The average molecular weight is 249 g/mol. The molecule has 0 amide bonds. The Morgan fingerprint density at radius 3 is 2.71 bits per heavy atom. The number of rotatable bonds is 2. The van der Waals surface area contributed by atoms with E-state index in [0.29, 0.717) is 0 Å². The van der Waals surface area contributed by atoms with Crippen molar-refractivity contribution in [1.82, 2.24) is 5.32 Å². The summed E-state index contributed by atoms with van der Waals surface area (Å²) < 4.78 is 12.5. The van der Waals surface area contributed by atoms with E-state index in [1.54, 1.807) is 0 Å². The van der Waals surface area contributed by atoms with Crippen LogP contribution in [0.15, 0.2) is 17.0 Å². The topological polar surface area (TPSA) is 29.1 Å². The summed E-state index contributed by atoms with van der Waals surface area (Å²) in [4.78, 5) is 1.09. The Morgan fingerprint density at radius 2 is 2.06 bits per heavy atom. The molecule has 0 spiro atoms. The van der Waals surface area contributed by atoms with Crippen molar-refractivity contribution in [3.8, 4) is 0 Å². The highest BCUT2D eigenvalue weighted by Gasteiger charge is 2.37. The predicted molar refractivity (Wildman–Crippen MR) is 70.8 cm³/mol. The maximum absolute atomic E-state index is 12.5. The first-order valence-electron chi connectivity index (χ1n) is 6.49. The molecule has 0 bridgehead atoms. The van der Waals surface area contributed by atoms with Crippen LogP contribution in [-0.2, 0) is 23.6 Å². The lowest BCUT2D eigenvalue weighted by molar-refractivity contribution is 0.552. The van der Waals surface area contributed by atoms with E-state index in [4.69, 9.17) is 0 Å². The first-order valence-corrected chi connectivity index (χ1v) is 7.71. The van der Waals surface area contributed by atoms with E-state index in [9.17, 15) is 4.21 Å². The zero-order valence-electron chi connectivity index (χ0n) is 10.5. The van der Waals surface area contributed by atoms with Crippen LogP contribution in [0.2, 0.25) is 0 Å². The second-order valence-corrected chi connectivity index (χ2v) is 6.66. The molecule has 0 radical (unpaired) electrons. The highest BCUT2D eigenvalue weighted by Crippen LogP contribution is 2.40. The van der Waals surface area contributed by atoms with Crippen LogP contribution in [0, 0.1) is 0 Å². The molecule has 3 unspecified atom stereocenters. The maximum atomic E-state index is 12.5. The lowest BCUT2D eigenvalue weighted by atomic mass is 9.98. The summed E-state index contributed by atoms with van der Waals surface area (Å²) in [6, 6.07) is 4.81. The van der Waals surface area contributed by atoms with Gasteiger partial charge in [0.25, 0.3) is 0 Å². The van der Waals surface area contributed by atoms with Crippen LogP contribution in [0.4, 0.5) is 0 Å². The summed E-state index contributed by atoms with van der Waals surface area (Å²) in [5.41, 5.74) is 4.21. The standard InChI is InChI=1S/C14H19NOS/c1-3-12-14(15-2)11-7-9-5-4-6-10(9)8-13(11)17(12)16/h7-8,12,14-15H,3-6H2,1-2H3. The Morgan fingerprint density at radius 1 is 1.35 bits per heavy atom. The summed E-state index contributed by atoms with van der Waals surface area (Å²) in [7, 11) is 1.16. The van der Waals surface area contributed by atoms with Gasteiger partial charge < -0.3 is 5.32 Å². The molecule has 1 aliphatic heterocycles. The summed E-state index contributed by atoms with van der Waals surface area (Å²) in [5, 5.41) is 3.60. The molecule has 0 saturated heterocycles. The van der Waals surface area contributed by atoms with Crippen molar-refractivity contribution >= 4 is 10.8 Å². The van der Waals surface area contributed by atoms with Crippen LogP contribution in [0.3, 0.4) is 0 Å². The number of hydrogen-bond donors (Lipinski definition) is 1. The summed E-state index contributed by atoms with van der Waals surface area (Å²) in [5.74, 6) is 0. The fraction of sp³-hybridized carbons (Fsp3) is 0.571. The molecule has 2 nitrogen and oxygen atoms in total. The number of benzene rings is 1. The number of fused-ring (bicyclic) bond motifs is 2. The average Bonchev–Trinajstić information content (AvgIpc) is 2.89. The van der Waals surface area contributed by atoms with Gasteiger partial charge in [-0.15, -0.1) is 0 Å². The molecule has 1 aliphatic carbocycles. The lowest BCUT2D eigenvalue weighted by Gasteiger charge is -2.16. The molecule has 3 atom stereocenters. The fourth-order valence-corrected chi connectivity index (χ4v) is 5.09. The van der Waals surface area contributed by atoms with Crippen molar-refractivity contribution in [2.45, 2.75) is 48.8 Å². The summed E-state index contributed by atoms with van der Waals surface area (Å²) in [6.45, 7) is 2.13. The molecule has 2 aliphatic rings. The number of hydrogen-bond acceptors (Lipinski definition) is 2. The van der Waals surface area contributed by atoms with E-state index in [1.807, 2.05) is 7.05 Å². The molecule has 17 heavy (non-hydrogen) atoms. The molecule has 3 rings (SSSR count). The zero-order valence-corrected chi connectivity index (χ0v) is 11.3. The van der Waals surface area contributed by atoms with Crippen LogP contribution in [0.5, 0.6) is 0 Å². The first-order chi connectivity index (χ1) is 8.26. The zero-order chi connectivity index (χ0) is 12.0. The highest BCUT2D eigenvalue weighted by molar-refractivity contribution is 7.86. The summed E-state index contributed by atoms with van der Waals surface area (Å²) in [6.07, 6.45) is 4.59. The van der Waals surface area contributed by atoms with Gasteiger partial charge in [-0.1, -0.05) is 13.0 Å². The molecular formula is C14H19NOS. The van der Waals surface area contributed by atoms with E-state index >= 15 is 0 Å². The van der Waals surface area contributed by atoms with Crippen LogP contribution in [-0.4, -0.2) is 16.5 Å². The molecule has 0 aromatic heterocycles. The van der Waals surface area contributed by atoms with Gasteiger partial charge in [-0.2, -0.15) is 0 Å². The third-order valence-corrected chi connectivity index (χ3v) is 6.08. The van der Waals surface area contributed by atoms with Crippen molar-refractivity contribution in [3.63, 3.8) is 0 Å². The Balaban J connectivity index is 2.13. The van der Waals surface area contributed by atoms with Crippen molar-refractivity contribution in [1.29, 1.82) is 0 Å². The normalized spacial score (nSPS) is 30.4. The molecule has 1 aromatic rings. The molecule has 0 saturated carbocycles. The molecule has 1 N–H and O–H groups in total. The van der Waals surface area contributed by atoms with Gasteiger partial charge in [-0.25, -0.2) is 0 Å². The molecule has 0 fully saturated rings. The minimum absolute atomic E-state index is 0.248. The van der Waals surface area contributed by atoms with Gasteiger partial charge in [0.2, 0.25) is 0 Å². The lowest BCUT2D eigenvalue weighted by Crippen LogP contribution is -2.26. The second kappa shape index (κ2) is 4.21. The van der Waals surface area contributed by atoms with Crippen molar-refractivity contribution < 1.29 is 4.21 Å². The van der Waals surface area contributed by atoms with Crippen LogP contribution >= 0.6 is 0 Å². The predicted octanol–water partition coefficient (Wildman–Crippen LogP) is 2.34. The van der Waals surface area contributed by atoms with E-state index in [2.05, 4.69) is 24.4 Å². The van der Waals surface area contributed by atoms with Gasteiger partial charge in [0.15, 0.2) is 0 Å². The molecule has 3 heteroatoms. The van der Waals surface area contributed by atoms with Gasteiger partial charge >= 0.3 is 0 Å². The monoisotopic (exact) mass is 249 g/mol. The Hall–Kier alpha value is -0.670. The van der Waals surface area contributed by atoms with Crippen molar-refractivity contribution in [3.05, 3.63) is 28.8 Å². The largest absolute Gasteiger partial charge is 0.312 e. The van der Waals surface area contributed by atoms with Gasteiger partial charge in [-0.3, -0.25) is 4.21 Å². The molecule has 1 heterocycles. The smallest absolute Gasteiger partial charge is 0.0587 e. The third-order valence-electron chi connectivity index (χ3n) is 4.14. The Bertz CT molecular complexity index is 483. The van der Waals surface area contributed by atoms with Crippen molar-refractivity contribution in [2.75, 3.05) is 7.05 Å². The van der Waals surface area contributed by atoms with E-state index < -0.39 is 10.8 Å². The quantitative estimate of drug-likeness (QED) is 0.871.